The van der Waals surface area contributed by atoms with Crippen LogP contribution in [0.4, 0.5) is 13.2 Å². The number of rotatable bonds is 4. The first-order chi connectivity index (χ1) is 9.38. The summed E-state index contributed by atoms with van der Waals surface area (Å²) in [6, 6.07) is 11.0. The molecule has 108 valence electrons. The maximum Gasteiger partial charge on any atom is 0.411 e. The number of ether oxygens (including phenoxy) is 1. The van der Waals surface area contributed by atoms with Gasteiger partial charge in [-0.15, -0.1) is 0 Å². The molecule has 0 saturated heterocycles. The minimum atomic E-state index is -4.38. The Labute approximate surface area is 114 Å². The molecule has 2 aromatic carbocycles. The number of hydrogen-bond donors (Lipinski definition) is 1. The van der Waals surface area contributed by atoms with E-state index < -0.39 is 18.9 Å². The van der Waals surface area contributed by atoms with Crippen LogP contribution in [0.3, 0.4) is 0 Å². The quantitative estimate of drug-likeness (QED) is 0.926. The zero-order chi connectivity index (χ0) is 14.8. The molecule has 0 bridgehead atoms. The molecule has 0 spiro atoms. The average Bonchev–Trinajstić information content (AvgIpc) is 2.38. The molecule has 0 fully saturated rings. The highest BCUT2D eigenvalue weighted by Gasteiger charge is 2.28. The Morgan fingerprint density at radius 1 is 1.10 bits per heavy atom. The highest BCUT2D eigenvalue weighted by atomic mass is 19.4. The van der Waals surface area contributed by atoms with Crippen LogP contribution in [0, 0.1) is 6.92 Å². The molecule has 0 heterocycles. The topological polar surface area (TPSA) is 29.5 Å². The Kier molecular flexibility index (Phi) is 4.30. The minimum absolute atomic E-state index is 0.382. The Morgan fingerprint density at radius 2 is 1.75 bits per heavy atom. The molecule has 20 heavy (non-hydrogen) atoms. The third kappa shape index (κ3) is 3.49. The summed E-state index contributed by atoms with van der Waals surface area (Å²) in [5.74, 6) is 0. The third-order valence-corrected chi connectivity index (χ3v) is 3.08. The molecule has 1 atom stereocenters. The Morgan fingerprint density at radius 3 is 2.40 bits per heavy atom. The van der Waals surface area contributed by atoms with E-state index in [0.717, 1.165) is 16.3 Å². The number of alkyl halides is 3. The van der Waals surface area contributed by atoms with Gasteiger partial charge in [-0.25, -0.2) is 0 Å². The molecule has 1 unspecified atom stereocenters. The molecule has 2 rings (SSSR count). The minimum Gasteiger partial charge on any atom is -0.386 e. The van der Waals surface area contributed by atoms with Gasteiger partial charge < -0.3 is 9.84 Å². The van der Waals surface area contributed by atoms with Gasteiger partial charge in [-0.3, -0.25) is 0 Å². The van der Waals surface area contributed by atoms with Crippen LogP contribution in [0.15, 0.2) is 36.4 Å². The molecule has 0 aliphatic carbocycles. The van der Waals surface area contributed by atoms with Gasteiger partial charge >= 0.3 is 6.18 Å². The summed E-state index contributed by atoms with van der Waals surface area (Å²) < 4.78 is 40.5. The SMILES string of the molecule is Cc1ccc(C(O)COCC(F)(F)F)c2ccccc12. The first-order valence-corrected chi connectivity index (χ1v) is 6.19. The second kappa shape index (κ2) is 5.81. The van der Waals surface area contributed by atoms with Crippen molar-refractivity contribution in [3.8, 4) is 0 Å². The Balaban J connectivity index is 2.18. The zero-order valence-electron chi connectivity index (χ0n) is 10.9. The fourth-order valence-electron chi connectivity index (χ4n) is 2.14. The van der Waals surface area contributed by atoms with Crippen LogP contribution >= 0.6 is 0 Å². The number of hydrogen-bond acceptors (Lipinski definition) is 2. The fraction of sp³-hybridized carbons (Fsp3) is 0.333. The van der Waals surface area contributed by atoms with Crippen molar-refractivity contribution in [2.24, 2.45) is 0 Å². The summed E-state index contributed by atoms with van der Waals surface area (Å²) in [6.45, 7) is 0.207. The van der Waals surface area contributed by atoms with E-state index in [9.17, 15) is 18.3 Å². The van der Waals surface area contributed by atoms with E-state index in [1.54, 1.807) is 6.07 Å². The van der Waals surface area contributed by atoms with Crippen LogP contribution in [0.1, 0.15) is 17.2 Å². The van der Waals surface area contributed by atoms with Gasteiger partial charge in [0.25, 0.3) is 0 Å². The van der Waals surface area contributed by atoms with Crippen LogP contribution < -0.4 is 0 Å². The molecule has 2 aromatic rings. The number of aryl methyl sites for hydroxylation is 1. The van der Waals surface area contributed by atoms with Crippen molar-refractivity contribution in [2.75, 3.05) is 13.2 Å². The van der Waals surface area contributed by atoms with Crippen LogP contribution in [0.2, 0.25) is 0 Å². The maximum atomic E-state index is 12.0. The molecular formula is C15H15F3O2. The summed E-state index contributed by atoms with van der Waals surface area (Å²) in [6.07, 6.45) is -5.46. The second-order valence-electron chi connectivity index (χ2n) is 4.66. The van der Waals surface area contributed by atoms with E-state index in [0.29, 0.717) is 5.56 Å². The summed E-state index contributed by atoms with van der Waals surface area (Å²) in [4.78, 5) is 0. The predicted octanol–water partition coefficient (Wildman–Crippen LogP) is 3.76. The first kappa shape index (κ1) is 14.8. The lowest BCUT2D eigenvalue weighted by molar-refractivity contribution is -0.179. The standard InChI is InChI=1S/C15H15F3O2/c1-10-6-7-13(12-5-3-2-4-11(10)12)14(19)8-20-9-15(16,17)18/h2-7,14,19H,8-9H2,1H3. The number of aliphatic hydroxyl groups excluding tert-OH is 1. The van der Waals surface area contributed by atoms with E-state index >= 15 is 0 Å². The van der Waals surface area contributed by atoms with E-state index in [-0.39, 0.29) is 6.61 Å². The molecule has 1 N–H and O–H groups in total. The smallest absolute Gasteiger partial charge is 0.386 e. The van der Waals surface area contributed by atoms with E-state index in [2.05, 4.69) is 4.74 Å². The molecule has 0 radical (unpaired) electrons. The lowest BCUT2D eigenvalue weighted by Crippen LogP contribution is -2.19. The lowest BCUT2D eigenvalue weighted by Gasteiger charge is -2.16. The molecule has 0 amide bonds. The van der Waals surface area contributed by atoms with E-state index in [1.165, 1.54) is 0 Å². The molecule has 2 nitrogen and oxygen atoms in total. The maximum absolute atomic E-state index is 12.0. The molecule has 0 aliphatic rings. The van der Waals surface area contributed by atoms with Gasteiger partial charge in [-0.1, -0.05) is 36.4 Å². The van der Waals surface area contributed by atoms with Gasteiger partial charge in [-0.2, -0.15) is 13.2 Å². The van der Waals surface area contributed by atoms with Crippen molar-refractivity contribution in [1.82, 2.24) is 0 Å². The van der Waals surface area contributed by atoms with Crippen LogP contribution in [0.5, 0.6) is 0 Å². The largest absolute Gasteiger partial charge is 0.411 e. The highest BCUT2D eigenvalue weighted by molar-refractivity contribution is 5.88. The Hall–Kier alpha value is -1.59. The van der Waals surface area contributed by atoms with E-state index in [4.69, 9.17) is 0 Å². The van der Waals surface area contributed by atoms with Gasteiger partial charge in [0.1, 0.15) is 12.7 Å². The first-order valence-electron chi connectivity index (χ1n) is 6.19. The average molecular weight is 284 g/mol. The van der Waals surface area contributed by atoms with Gasteiger partial charge in [-0.05, 0) is 28.8 Å². The number of aliphatic hydroxyl groups is 1. The van der Waals surface area contributed by atoms with Crippen molar-refractivity contribution in [3.05, 3.63) is 47.5 Å². The van der Waals surface area contributed by atoms with Crippen LogP contribution in [0.25, 0.3) is 10.8 Å². The normalized spacial score (nSPS) is 13.7. The summed E-state index contributed by atoms with van der Waals surface area (Å²) in [5.41, 5.74) is 1.63. The monoisotopic (exact) mass is 284 g/mol. The van der Waals surface area contributed by atoms with Gasteiger partial charge in [0, 0.05) is 0 Å². The molecule has 0 aliphatic heterocycles. The van der Waals surface area contributed by atoms with Crippen molar-refractivity contribution in [1.29, 1.82) is 0 Å². The lowest BCUT2D eigenvalue weighted by atomic mass is 9.97. The van der Waals surface area contributed by atoms with Crippen molar-refractivity contribution in [2.45, 2.75) is 19.2 Å². The molecule has 0 aromatic heterocycles. The molecule has 0 saturated carbocycles. The zero-order valence-corrected chi connectivity index (χ0v) is 10.9. The van der Waals surface area contributed by atoms with E-state index in [1.807, 2.05) is 37.3 Å². The fourth-order valence-corrected chi connectivity index (χ4v) is 2.14. The molecule has 5 heteroatoms. The third-order valence-electron chi connectivity index (χ3n) is 3.08. The predicted molar refractivity (Wildman–Crippen MR) is 70.5 cm³/mol. The van der Waals surface area contributed by atoms with Crippen LogP contribution in [-0.4, -0.2) is 24.5 Å². The number of benzene rings is 2. The summed E-state index contributed by atoms with van der Waals surface area (Å²) in [7, 11) is 0. The van der Waals surface area contributed by atoms with Crippen molar-refractivity contribution < 1.29 is 23.0 Å². The Bertz CT molecular complexity index is 593. The van der Waals surface area contributed by atoms with Crippen molar-refractivity contribution >= 4 is 10.8 Å². The van der Waals surface area contributed by atoms with Gasteiger partial charge in [0.15, 0.2) is 0 Å². The van der Waals surface area contributed by atoms with Crippen LogP contribution in [-0.2, 0) is 4.74 Å². The second-order valence-corrected chi connectivity index (χ2v) is 4.66. The number of halogens is 3. The number of fused-ring (bicyclic) bond motifs is 1. The van der Waals surface area contributed by atoms with Gasteiger partial charge in [0.05, 0.1) is 6.61 Å². The van der Waals surface area contributed by atoms with Gasteiger partial charge in [0.2, 0.25) is 0 Å². The summed E-state index contributed by atoms with van der Waals surface area (Å²) >= 11 is 0. The van der Waals surface area contributed by atoms with Crippen molar-refractivity contribution in [3.63, 3.8) is 0 Å². The summed E-state index contributed by atoms with van der Waals surface area (Å²) in [5, 5.41) is 11.8. The molecular weight excluding hydrogens is 269 g/mol. The highest BCUT2D eigenvalue weighted by Crippen LogP contribution is 2.27.